The minimum absolute atomic E-state index is 0.273. The van der Waals surface area contributed by atoms with E-state index in [1.807, 2.05) is 0 Å². The highest BCUT2D eigenvalue weighted by molar-refractivity contribution is 5.31. The number of piperazine rings is 1. The Bertz CT molecular complexity index is 412. The highest BCUT2D eigenvalue weighted by Crippen LogP contribution is 2.33. The van der Waals surface area contributed by atoms with Gasteiger partial charge in [-0.15, -0.1) is 5.10 Å². The Morgan fingerprint density at radius 3 is 3.11 bits per heavy atom. The minimum atomic E-state index is -0.273. The van der Waals surface area contributed by atoms with E-state index in [0.717, 1.165) is 50.9 Å². The summed E-state index contributed by atoms with van der Waals surface area (Å²) in [6, 6.07) is 0.485. The Balaban J connectivity index is 1.76. The largest absolute Gasteiger partial charge is 0.367 e. The van der Waals surface area contributed by atoms with Crippen molar-refractivity contribution < 1.29 is 4.74 Å². The molecule has 2 atom stereocenters. The van der Waals surface area contributed by atoms with E-state index in [-0.39, 0.29) is 5.60 Å². The number of hydrogen-bond donors (Lipinski definition) is 2. The number of hydrogen-bond acceptors (Lipinski definition) is 5. The zero-order chi connectivity index (χ0) is 12.6. The van der Waals surface area contributed by atoms with Crippen LogP contribution in [0.1, 0.15) is 32.5 Å². The normalized spacial score (nSPS) is 33.0. The van der Waals surface area contributed by atoms with Gasteiger partial charge in [0, 0.05) is 32.3 Å². The van der Waals surface area contributed by atoms with Gasteiger partial charge < -0.3 is 15.0 Å². The Labute approximate surface area is 107 Å². The maximum Gasteiger partial charge on any atom is 0.244 e. The lowest BCUT2D eigenvalue weighted by Crippen LogP contribution is -2.49. The van der Waals surface area contributed by atoms with Crippen LogP contribution >= 0.6 is 0 Å². The predicted molar refractivity (Wildman–Crippen MR) is 68.6 cm³/mol. The summed E-state index contributed by atoms with van der Waals surface area (Å²) < 4.78 is 5.78. The van der Waals surface area contributed by atoms with Crippen molar-refractivity contribution in [3.8, 4) is 0 Å². The number of rotatable bonds is 2. The fraction of sp³-hybridized carbons (Fsp3) is 0.833. The van der Waals surface area contributed by atoms with Crippen molar-refractivity contribution in [2.75, 3.05) is 31.1 Å². The maximum atomic E-state index is 5.78. The molecule has 3 rings (SSSR count). The summed E-state index contributed by atoms with van der Waals surface area (Å²) >= 11 is 0. The third-order valence-corrected chi connectivity index (χ3v) is 3.84. The van der Waals surface area contributed by atoms with Crippen molar-refractivity contribution >= 4 is 5.95 Å². The van der Waals surface area contributed by atoms with E-state index in [0.29, 0.717) is 6.04 Å². The van der Waals surface area contributed by atoms with Gasteiger partial charge in [0.15, 0.2) is 5.82 Å². The molecule has 0 aliphatic carbocycles. The number of aromatic nitrogens is 3. The first-order valence-electron chi connectivity index (χ1n) is 6.72. The molecule has 0 radical (unpaired) electrons. The van der Waals surface area contributed by atoms with E-state index in [2.05, 4.69) is 39.2 Å². The van der Waals surface area contributed by atoms with Crippen molar-refractivity contribution in [1.82, 2.24) is 20.5 Å². The van der Waals surface area contributed by atoms with Gasteiger partial charge in [-0.1, -0.05) is 0 Å². The van der Waals surface area contributed by atoms with E-state index in [1.165, 1.54) is 0 Å². The molecule has 2 unspecified atom stereocenters. The molecule has 0 spiro atoms. The first-order valence-corrected chi connectivity index (χ1v) is 6.72. The summed E-state index contributed by atoms with van der Waals surface area (Å²) in [4.78, 5) is 6.85. The first-order chi connectivity index (χ1) is 8.67. The quantitative estimate of drug-likeness (QED) is 0.807. The van der Waals surface area contributed by atoms with Crippen molar-refractivity contribution in [3.63, 3.8) is 0 Å². The summed E-state index contributed by atoms with van der Waals surface area (Å²) in [5, 5.41) is 10.8. The number of anilines is 1. The Morgan fingerprint density at radius 1 is 1.50 bits per heavy atom. The molecule has 0 bridgehead atoms. The van der Waals surface area contributed by atoms with Crippen molar-refractivity contribution in [1.29, 1.82) is 0 Å². The van der Waals surface area contributed by atoms with Crippen LogP contribution in [0.25, 0.3) is 0 Å². The molecule has 2 fully saturated rings. The molecule has 18 heavy (non-hydrogen) atoms. The smallest absolute Gasteiger partial charge is 0.244 e. The summed E-state index contributed by atoms with van der Waals surface area (Å²) in [5.41, 5.74) is -0.273. The molecular weight excluding hydrogens is 230 g/mol. The maximum absolute atomic E-state index is 5.78. The van der Waals surface area contributed by atoms with E-state index < -0.39 is 0 Å². The lowest BCUT2D eigenvalue weighted by molar-refractivity contribution is 0.00966. The number of nitrogens with one attached hydrogen (secondary N) is 2. The number of aromatic amines is 1. The topological polar surface area (TPSA) is 66.1 Å². The SMILES string of the molecule is CC1CN(c2n[nH]c(C3(C)CCCO3)n2)CCN1. The molecule has 2 saturated heterocycles. The molecule has 6 nitrogen and oxygen atoms in total. The number of ether oxygens (including phenoxy) is 1. The van der Waals surface area contributed by atoms with E-state index >= 15 is 0 Å². The van der Waals surface area contributed by atoms with Crippen molar-refractivity contribution in [3.05, 3.63) is 5.82 Å². The predicted octanol–water partition coefficient (Wildman–Crippen LogP) is 0.628. The summed E-state index contributed by atoms with van der Waals surface area (Å²) in [7, 11) is 0. The molecule has 2 N–H and O–H groups in total. The zero-order valence-corrected chi connectivity index (χ0v) is 11.1. The summed E-state index contributed by atoms with van der Waals surface area (Å²) in [6.07, 6.45) is 2.11. The molecule has 100 valence electrons. The van der Waals surface area contributed by atoms with Gasteiger partial charge in [-0.25, -0.2) is 0 Å². The average molecular weight is 251 g/mol. The Hall–Kier alpha value is -1.14. The third kappa shape index (κ3) is 2.10. The monoisotopic (exact) mass is 251 g/mol. The molecule has 6 heteroatoms. The van der Waals surface area contributed by atoms with Crippen LogP contribution in [0.3, 0.4) is 0 Å². The highest BCUT2D eigenvalue weighted by Gasteiger charge is 2.35. The van der Waals surface area contributed by atoms with E-state index in [9.17, 15) is 0 Å². The van der Waals surface area contributed by atoms with Crippen LogP contribution in [0, 0.1) is 0 Å². The molecule has 2 aliphatic heterocycles. The zero-order valence-electron chi connectivity index (χ0n) is 11.1. The lowest BCUT2D eigenvalue weighted by atomic mass is 10.0. The minimum Gasteiger partial charge on any atom is -0.367 e. The van der Waals surface area contributed by atoms with Gasteiger partial charge >= 0.3 is 0 Å². The standard InChI is InChI=1S/C12H21N5O/c1-9-8-17(6-5-13-9)11-14-10(15-16-11)12(2)4-3-7-18-12/h9,13H,3-8H2,1-2H3,(H,14,15,16). The van der Waals surface area contributed by atoms with Crippen LogP contribution in [-0.2, 0) is 10.3 Å². The molecular formula is C12H21N5O. The molecule has 2 aliphatic rings. The average Bonchev–Trinajstić information content (AvgIpc) is 2.98. The highest BCUT2D eigenvalue weighted by atomic mass is 16.5. The fourth-order valence-electron chi connectivity index (χ4n) is 2.71. The van der Waals surface area contributed by atoms with E-state index in [1.54, 1.807) is 0 Å². The van der Waals surface area contributed by atoms with Gasteiger partial charge in [0.25, 0.3) is 0 Å². The summed E-state index contributed by atoms with van der Waals surface area (Å²) in [5.74, 6) is 1.66. The number of H-pyrrole nitrogens is 1. The lowest BCUT2D eigenvalue weighted by Gasteiger charge is -2.30. The van der Waals surface area contributed by atoms with Gasteiger partial charge in [0.1, 0.15) is 5.60 Å². The van der Waals surface area contributed by atoms with Crippen LogP contribution in [-0.4, -0.2) is 47.5 Å². The Morgan fingerprint density at radius 2 is 2.39 bits per heavy atom. The first kappa shape index (κ1) is 11.9. The molecule has 0 saturated carbocycles. The molecule has 1 aromatic rings. The number of nitrogens with zero attached hydrogens (tertiary/aromatic N) is 3. The second kappa shape index (κ2) is 4.51. The molecule has 0 amide bonds. The summed E-state index contributed by atoms with van der Waals surface area (Å²) in [6.45, 7) is 7.98. The van der Waals surface area contributed by atoms with Crippen molar-refractivity contribution in [2.24, 2.45) is 0 Å². The van der Waals surface area contributed by atoms with Crippen LogP contribution in [0.2, 0.25) is 0 Å². The second-order valence-corrected chi connectivity index (χ2v) is 5.47. The van der Waals surface area contributed by atoms with Gasteiger partial charge in [-0.05, 0) is 26.7 Å². The van der Waals surface area contributed by atoms with Crippen LogP contribution in [0.15, 0.2) is 0 Å². The molecule has 0 aromatic carbocycles. The second-order valence-electron chi connectivity index (χ2n) is 5.47. The van der Waals surface area contributed by atoms with Gasteiger partial charge in [-0.2, -0.15) is 4.98 Å². The Kier molecular flexibility index (Phi) is 2.99. The fourth-order valence-corrected chi connectivity index (χ4v) is 2.71. The van der Waals surface area contributed by atoms with Gasteiger partial charge in [0.05, 0.1) is 0 Å². The van der Waals surface area contributed by atoms with Crippen LogP contribution in [0.5, 0.6) is 0 Å². The van der Waals surface area contributed by atoms with Gasteiger partial charge in [-0.3, -0.25) is 5.10 Å². The third-order valence-electron chi connectivity index (χ3n) is 3.84. The molecule has 3 heterocycles. The molecule has 1 aromatic heterocycles. The van der Waals surface area contributed by atoms with Gasteiger partial charge in [0.2, 0.25) is 5.95 Å². The van der Waals surface area contributed by atoms with Crippen LogP contribution in [0.4, 0.5) is 5.95 Å². The van der Waals surface area contributed by atoms with Crippen molar-refractivity contribution in [2.45, 2.75) is 38.3 Å². The van der Waals surface area contributed by atoms with Crippen LogP contribution < -0.4 is 10.2 Å². The van der Waals surface area contributed by atoms with E-state index in [4.69, 9.17) is 4.74 Å².